The number of H-pyrrole nitrogens is 1. The second-order valence-electron chi connectivity index (χ2n) is 7.05. The maximum absolute atomic E-state index is 12.8. The van der Waals surface area contributed by atoms with Crippen molar-refractivity contribution >= 4 is 16.8 Å². The fourth-order valence-electron chi connectivity index (χ4n) is 3.41. The molecule has 0 saturated carbocycles. The van der Waals surface area contributed by atoms with E-state index in [-0.39, 0.29) is 11.9 Å². The predicted molar refractivity (Wildman–Crippen MR) is 116 cm³/mol. The molecule has 0 aliphatic carbocycles. The molecule has 2 aromatic carbocycles. The number of benzene rings is 2. The van der Waals surface area contributed by atoms with Crippen molar-refractivity contribution in [2.45, 2.75) is 25.8 Å². The number of fused-ring (bicyclic) bond motifs is 1. The van der Waals surface area contributed by atoms with Crippen molar-refractivity contribution in [1.29, 1.82) is 0 Å². The lowest BCUT2D eigenvalue weighted by atomic mass is 10.1. The lowest BCUT2D eigenvalue weighted by molar-refractivity contribution is 0.0934. The first kappa shape index (κ1) is 21.4. The summed E-state index contributed by atoms with van der Waals surface area (Å²) in [4.78, 5) is 15.9. The average molecular weight is 412 g/mol. The molecule has 2 N–H and O–H groups in total. The van der Waals surface area contributed by atoms with Gasteiger partial charge < -0.3 is 29.2 Å². The van der Waals surface area contributed by atoms with Gasteiger partial charge in [-0.3, -0.25) is 4.79 Å². The smallest absolute Gasteiger partial charge is 0.267 e. The van der Waals surface area contributed by atoms with Gasteiger partial charge in [0.2, 0.25) is 0 Å². The highest BCUT2D eigenvalue weighted by Gasteiger charge is 2.20. The molecule has 0 fully saturated rings. The fourth-order valence-corrected chi connectivity index (χ4v) is 3.41. The molecule has 1 amide bonds. The molecular formula is C23H28N2O5. The number of carbonyl (C=O) groups is 1. The van der Waals surface area contributed by atoms with Gasteiger partial charge in [0.25, 0.3) is 5.91 Å². The molecule has 1 aromatic heterocycles. The molecular weight excluding hydrogens is 384 g/mol. The van der Waals surface area contributed by atoms with Gasteiger partial charge in [0.15, 0.2) is 11.5 Å². The van der Waals surface area contributed by atoms with Crippen LogP contribution in [0.3, 0.4) is 0 Å². The number of aromatic nitrogens is 1. The van der Waals surface area contributed by atoms with Crippen LogP contribution in [0.1, 0.15) is 29.4 Å². The van der Waals surface area contributed by atoms with Crippen LogP contribution in [0.25, 0.3) is 10.9 Å². The van der Waals surface area contributed by atoms with E-state index in [0.29, 0.717) is 28.5 Å². The number of nitrogens with one attached hydrogen (secondary N) is 2. The zero-order valence-electron chi connectivity index (χ0n) is 18.0. The molecule has 3 rings (SSSR count). The molecule has 0 aliphatic heterocycles. The number of rotatable bonds is 9. The number of methoxy groups -OCH3 is 4. The number of ether oxygens (including phenoxy) is 4. The zero-order chi connectivity index (χ0) is 21.7. The van der Waals surface area contributed by atoms with Crippen molar-refractivity contribution in [1.82, 2.24) is 10.3 Å². The summed E-state index contributed by atoms with van der Waals surface area (Å²) >= 11 is 0. The average Bonchev–Trinajstić information content (AvgIpc) is 3.22. The summed E-state index contributed by atoms with van der Waals surface area (Å²) in [5, 5.41) is 3.80. The van der Waals surface area contributed by atoms with Crippen molar-refractivity contribution in [2.24, 2.45) is 0 Å². The van der Waals surface area contributed by atoms with Gasteiger partial charge in [0, 0.05) is 17.5 Å². The van der Waals surface area contributed by atoms with E-state index in [2.05, 4.69) is 10.3 Å². The lowest BCUT2D eigenvalue weighted by Gasteiger charge is -2.13. The number of aromatic amines is 1. The second-order valence-corrected chi connectivity index (χ2v) is 7.05. The Labute approximate surface area is 176 Å². The standard InChI is InChI=1S/C23H28N2O5/c1-14(6-7-15-8-10-16(27-2)11-9-15)24-23(26)18-12-17-19(28-3)13-20(29-4)22(30-5)21(17)25-18/h8-14,25H,6-7H2,1-5H3,(H,24,26). The number of hydrogen-bond donors (Lipinski definition) is 2. The molecule has 30 heavy (non-hydrogen) atoms. The van der Waals surface area contributed by atoms with E-state index in [1.807, 2.05) is 31.2 Å². The van der Waals surface area contributed by atoms with Gasteiger partial charge in [-0.1, -0.05) is 12.1 Å². The first-order chi connectivity index (χ1) is 14.5. The fraction of sp³-hybridized carbons (Fsp3) is 0.348. The highest BCUT2D eigenvalue weighted by molar-refractivity contribution is 6.02. The van der Waals surface area contributed by atoms with E-state index < -0.39 is 0 Å². The Kier molecular flexibility index (Phi) is 6.72. The van der Waals surface area contributed by atoms with Crippen LogP contribution in [0.2, 0.25) is 0 Å². The summed E-state index contributed by atoms with van der Waals surface area (Å²) in [6.45, 7) is 1.99. The van der Waals surface area contributed by atoms with Crippen LogP contribution < -0.4 is 24.3 Å². The Morgan fingerprint density at radius 1 is 0.967 bits per heavy atom. The number of carbonyl (C=O) groups excluding carboxylic acids is 1. The Balaban J connectivity index is 1.72. The highest BCUT2D eigenvalue weighted by Crippen LogP contribution is 2.41. The van der Waals surface area contributed by atoms with Crippen molar-refractivity contribution in [3.05, 3.63) is 47.7 Å². The van der Waals surface area contributed by atoms with Gasteiger partial charge >= 0.3 is 0 Å². The third-order valence-corrected chi connectivity index (χ3v) is 5.09. The van der Waals surface area contributed by atoms with Gasteiger partial charge in [0.1, 0.15) is 17.2 Å². The Morgan fingerprint density at radius 3 is 2.27 bits per heavy atom. The number of amides is 1. The van der Waals surface area contributed by atoms with Crippen LogP contribution in [0.5, 0.6) is 23.0 Å². The van der Waals surface area contributed by atoms with Gasteiger partial charge in [-0.2, -0.15) is 0 Å². The Hall–Kier alpha value is -3.35. The van der Waals surface area contributed by atoms with E-state index in [0.717, 1.165) is 24.0 Å². The zero-order valence-corrected chi connectivity index (χ0v) is 18.0. The molecule has 7 nitrogen and oxygen atoms in total. The third-order valence-electron chi connectivity index (χ3n) is 5.09. The summed E-state index contributed by atoms with van der Waals surface area (Å²) in [6.07, 6.45) is 1.68. The van der Waals surface area contributed by atoms with E-state index in [1.165, 1.54) is 5.56 Å². The van der Waals surface area contributed by atoms with Gasteiger partial charge in [-0.05, 0) is 43.5 Å². The Bertz CT molecular complexity index is 1010. The Morgan fingerprint density at radius 2 is 1.67 bits per heavy atom. The summed E-state index contributed by atoms with van der Waals surface area (Å²) in [7, 11) is 6.35. The molecule has 1 heterocycles. The molecule has 160 valence electrons. The topological polar surface area (TPSA) is 81.8 Å². The van der Waals surface area contributed by atoms with Gasteiger partial charge in [0.05, 0.1) is 34.0 Å². The van der Waals surface area contributed by atoms with Crippen molar-refractivity contribution in [3.8, 4) is 23.0 Å². The predicted octanol–water partition coefficient (Wildman–Crippen LogP) is 3.95. The first-order valence-electron chi connectivity index (χ1n) is 9.76. The second kappa shape index (κ2) is 9.43. The quantitative estimate of drug-likeness (QED) is 0.556. The lowest BCUT2D eigenvalue weighted by Crippen LogP contribution is -2.33. The first-order valence-corrected chi connectivity index (χ1v) is 9.76. The minimum absolute atomic E-state index is 0.00402. The van der Waals surface area contributed by atoms with Crippen molar-refractivity contribution in [2.75, 3.05) is 28.4 Å². The third kappa shape index (κ3) is 4.45. The normalized spacial score (nSPS) is 11.8. The number of aryl methyl sites for hydroxylation is 1. The molecule has 0 radical (unpaired) electrons. The van der Waals surface area contributed by atoms with Gasteiger partial charge in [-0.15, -0.1) is 0 Å². The van der Waals surface area contributed by atoms with Gasteiger partial charge in [-0.25, -0.2) is 0 Å². The minimum Gasteiger partial charge on any atom is -0.497 e. The maximum atomic E-state index is 12.8. The molecule has 0 saturated heterocycles. The summed E-state index contributed by atoms with van der Waals surface area (Å²) in [6, 6.07) is 11.5. The SMILES string of the molecule is COc1ccc(CCC(C)NC(=O)c2cc3c(OC)cc(OC)c(OC)c3[nH]2)cc1. The number of hydrogen-bond acceptors (Lipinski definition) is 5. The van der Waals surface area contributed by atoms with Crippen LogP contribution in [0.15, 0.2) is 36.4 Å². The molecule has 0 spiro atoms. The van der Waals surface area contributed by atoms with Crippen LogP contribution in [-0.2, 0) is 6.42 Å². The summed E-state index contributed by atoms with van der Waals surface area (Å²) in [5.41, 5.74) is 2.29. The monoisotopic (exact) mass is 412 g/mol. The summed E-state index contributed by atoms with van der Waals surface area (Å²) in [5.74, 6) is 2.31. The molecule has 0 aliphatic rings. The molecule has 1 unspecified atom stereocenters. The molecule has 1 atom stereocenters. The molecule has 0 bridgehead atoms. The van der Waals surface area contributed by atoms with Crippen molar-refractivity contribution in [3.63, 3.8) is 0 Å². The van der Waals surface area contributed by atoms with E-state index in [1.54, 1.807) is 40.6 Å². The molecule has 3 aromatic rings. The minimum atomic E-state index is -0.184. The van der Waals surface area contributed by atoms with E-state index in [9.17, 15) is 4.79 Å². The summed E-state index contributed by atoms with van der Waals surface area (Å²) < 4.78 is 21.5. The molecule has 7 heteroatoms. The van der Waals surface area contributed by atoms with Crippen molar-refractivity contribution < 1.29 is 23.7 Å². The van der Waals surface area contributed by atoms with E-state index in [4.69, 9.17) is 18.9 Å². The van der Waals surface area contributed by atoms with Crippen LogP contribution >= 0.6 is 0 Å². The van der Waals surface area contributed by atoms with Crippen LogP contribution in [0, 0.1) is 0 Å². The van der Waals surface area contributed by atoms with E-state index >= 15 is 0 Å². The highest BCUT2D eigenvalue weighted by atomic mass is 16.5. The van der Waals surface area contributed by atoms with Crippen LogP contribution in [-0.4, -0.2) is 45.4 Å². The van der Waals surface area contributed by atoms with Crippen LogP contribution in [0.4, 0.5) is 0 Å². The maximum Gasteiger partial charge on any atom is 0.267 e. The largest absolute Gasteiger partial charge is 0.497 e.